The van der Waals surface area contributed by atoms with Gasteiger partial charge in [0.1, 0.15) is 11.8 Å². The fourth-order valence-corrected chi connectivity index (χ4v) is 1.22. The van der Waals surface area contributed by atoms with E-state index < -0.39 is 17.9 Å². The van der Waals surface area contributed by atoms with Crippen LogP contribution in [0.1, 0.15) is 26.2 Å². The predicted molar refractivity (Wildman–Crippen MR) is 54.7 cm³/mol. The standard InChI is InChI=1S/C9H13N3O4/c1-2-5(9(15)16)10-8(14)6-3-4-7(13)12-11-6/h5H,2-4H2,1H3,(H,10,14)(H,12,13)(H,15,16)/t5-/m0/s1. The van der Waals surface area contributed by atoms with E-state index in [0.717, 1.165) is 0 Å². The summed E-state index contributed by atoms with van der Waals surface area (Å²) in [5, 5.41) is 14.6. The highest BCUT2D eigenvalue weighted by atomic mass is 16.4. The van der Waals surface area contributed by atoms with Crippen LogP contribution >= 0.6 is 0 Å². The van der Waals surface area contributed by atoms with Crippen molar-refractivity contribution in [3.8, 4) is 0 Å². The Morgan fingerprint density at radius 2 is 2.25 bits per heavy atom. The number of carbonyl (C=O) groups excluding carboxylic acids is 2. The third-order valence-corrected chi connectivity index (χ3v) is 2.18. The highest BCUT2D eigenvalue weighted by molar-refractivity contribution is 6.39. The first kappa shape index (κ1) is 12.2. The maximum atomic E-state index is 11.5. The molecule has 1 heterocycles. The molecule has 0 radical (unpaired) electrons. The Kier molecular flexibility index (Phi) is 3.98. The summed E-state index contributed by atoms with van der Waals surface area (Å²) < 4.78 is 0. The molecule has 0 aromatic carbocycles. The van der Waals surface area contributed by atoms with E-state index in [1.54, 1.807) is 6.92 Å². The summed E-state index contributed by atoms with van der Waals surface area (Å²) in [5.41, 5.74) is 2.33. The Balaban J connectivity index is 2.58. The zero-order valence-electron chi connectivity index (χ0n) is 8.82. The van der Waals surface area contributed by atoms with E-state index in [0.29, 0.717) is 6.42 Å². The van der Waals surface area contributed by atoms with E-state index in [1.807, 2.05) is 0 Å². The molecule has 16 heavy (non-hydrogen) atoms. The second kappa shape index (κ2) is 5.24. The smallest absolute Gasteiger partial charge is 0.326 e. The van der Waals surface area contributed by atoms with Crippen LogP contribution in [0.4, 0.5) is 0 Å². The van der Waals surface area contributed by atoms with Crippen LogP contribution in [0.25, 0.3) is 0 Å². The van der Waals surface area contributed by atoms with Gasteiger partial charge in [0.2, 0.25) is 5.91 Å². The molecule has 2 amide bonds. The Labute approximate surface area is 91.9 Å². The predicted octanol–water partition coefficient (Wildman–Crippen LogP) is -0.768. The Morgan fingerprint density at radius 1 is 1.56 bits per heavy atom. The zero-order valence-corrected chi connectivity index (χ0v) is 8.82. The number of carbonyl (C=O) groups is 3. The number of nitrogens with one attached hydrogen (secondary N) is 2. The van der Waals surface area contributed by atoms with E-state index in [2.05, 4.69) is 15.8 Å². The summed E-state index contributed by atoms with van der Waals surface area (Å²) in [6.45, 7) is 1.66. The van der Waals surface area contributed by atoms with Gasteiger partial charge in [0.05, 0.1) is 0 Å². The fourth-order valence-electron chi connectivity index (χ4n) is 1.22. The number of amides is 2. The van der Waals surface area contributed by atoms with Gasteiger partial charge in [-0.05, 0) is 6.42 Å². The van der Waals surface area contributed by atoms with Crippen molar-refractivity contribution in [2.45, 2.75) is 32.2 Å². The van der Waals surface area contributed by atoms with Crippen LogP contribution < -0.4 is 10.7 Å². The first-order valence-corrected chi connectivity index (χ1v) is 4.93. The summed E-state index contributed by atoms with van der Waals surface area (Å²) in [4.78, 5) is 33.0. The molecule has 0 saturated heterocycles. The van der Waals surface area contributed by atoms with Crippen LogP contribution in [0.3, 0.4) is 0 Å². The number of rotatable bonds is 4. The number of aliphatic carboxylic acids is 1. The number of hydrazone groups is 1. The molecular formula is C9H13N3O4. The minimum absolute atomic E-state index is 0.152. The van der Waals surface area contributed by atoms with Gasteiger partial charge >= 0.3 is 5.97 Å². The zero-order chi connectivity index (χ0) is 12.1. The third kappa shape index (κ3) is 3.04. The molecule has 88 valence electrons. The number of hydrogen-bond donors (Lipinski definition) is 3. The molecule has 0 spiro atoms. The largest absolute Gasteiger partial charge is 0.480 e. The van der Waals surface area contributed by atoms with E-state index in [-0.39, 0.29) is 24.5 Å². The number of nitrogens with zero attached hydrogens (tertiary/aromatic N) is 1. The molecule has 3 N–H and O–H groups in total. The second-order valence-electron chi connectivity index (χ2n) is 3.37. The molecule has 7 nitrogen and oxygen atoms in total. The molecule has 0 aliphatic carbocycles. The third-order valence-electron chi connectivity index (χ3n) is 2.18. The van der Waals surface area contributed by atoms with Crippen molar-refractivity contribution >= 4 is 23.5 Å². The Bertz CT molecular complexity index is 351. The van der Waals surface area contributed by atoms with Gasteiger partial charge in [0.25, 0.3) is 5.91 Å². The monoisotopic (exact) mass is 227 g/mol. The maximum Gasteiger partial charge on any atom is 0.326 e. The molecule has 0 aromatic heterocycles. The van der Waals surface area contributed by atoms with Gasteiger partial charge in [0.15, 0.2) is 0 Å². The van der Waals surface area contributed by atoms with Gasteiger partial charge in [-0.2, -0.15) is 5.10 Å². The van der Waals surface area contributed by atoms with Crippen LogP contribution in [0, 0.1) is 0 Å². The van der Waals surface area contributed by atoms with E-state index in [4.69, 9.17) is 5.11 Å². The quantitative estimate of drug-likeness (QED) is 0.586. The summed E-state index contributed by atoms with van der Waals surface area (Å²) in [7, 11) is 0. The van der Waals surface area contributed by atoms with Crippen molar-refractivity contribution in [1.29, 1.82) is 0 Å². The summed E-state index contributed by atoms with van der Waals surface area (Å²) >= 11 is 0. The lowest BCUT2D eigenvalue weighted by Crippen LogP contribution is -2.45. The average molecular weight is 227 g/mol. The van der Waals surface area contributed by atoms with Crippen molar-refractivity contribution in [1.82, 2.24) is 10.7 Å². The van der Waals surface area contributed by atoms with Gasteiger partial charge < -0.3 is 10.4 Å². The first-order valence-electron chi connectivity index (χ1n) is 4.93. The van der Waals surface area contributed by atoms with Gasteiger partial charge in [-0.15, -0.1) is 0 Å². The van der Waals surface area contributed by atoms with Crippen LogP contribution in [-0.2, 0) is 14.4 Å². The lowest BCUT2D eigenvalue weighted by atomic mass is 10.1. The van der Waals surface area contributed by atoms with Crippen LogP contribution in [0.2, 0.25) is 0 Å². The normalized spacial score (nSPS) is 17.1. The van der Waals surface area contributed by atoms with E-state index >= 15 is 0 Å². The highest BCUT2D eigenvalue weighted by Gasteiger charge is 2.23. The molecule has 0 unspecified atom stereocenters. The van der Waals surface area contributed by atoms with Gasteiger partial charge in [0, 0.05) is 12.8 Å². The molecular weight excluding hydrogens is 214 g/mol. The Hall–Kier alpha value is -1.92. The highest BCUT2D eigenvalue weighted by Crippen LogP contribution is 2.00. The lowest BCUT2D eigenvalue weighted by molar-refractivity contribution is -0.141. The van der Waals surface area contributed by atoms with Gasteiger partial charge in [-0.1, -0.05) is 6.92 Å². The molecule has 0 bridgehead atoms. The second-order valence-corrected chi connectivity index (χ2v) is 3.37. The number of carboxylic acid groups (broad SMARTS) is 1. The molecule has 1 atom stereocenters. The minimum Gasteiger partial charge on any atom is -0.480 e. The van der Waals surface area contributed by atoms with E-state index in [1.165, 1.54) is 0 Å². The van der Waals surface area contributed by atoms with Crippen LogP contribution in [-0.4, -0.2) is 34.6 Å². The molecule has 0 fully saturated rings. The summed E-state index contributed by atoms with van der Waals surface area (Å²) in [6.07, 6.45) is 0.713. The topological polar surface area (TPSA) is 108 Å². The molecule has 1 aliphatic heterocycles. The average Bonchev–Trinajstić information content (AvgIpc) is 2.26. The van der Waals surface area contributed by atoms with Crippen molar-refractivity contribution in [2.24, 2.45) is 5.10 Å². The van der Waals surface area contributed by atoms with Crippen molar-refractivity contribution in [3.05, 3.63) is 0 Å². The first-order chi connectivity index (χ1) is 7.54. The lowest BCUT2D eigenvalue weighted by Gasteiger charge is -2.15. The van der Waals surface area contributed by atoms with Gasteiger partial charge in [-0.25, -0.2) is 10.2 Å². The summed E-state index contributed by atoms with van der Waals surface area (Å²) in [5.74, 6) is -1.88. The molecule has 1 aliphatic rings. The SMILES string of the molecule is CC[C@H](NC(=O)C1=NNC(=O)CC1)C(=O)O. The fraction of sp³-hybridized carbons (Fsp3) is 0.556. The minimum atomic E-state index is -1.09. The molecule has 1 rings (SSSR count). The molecule has 0 saturated carbocycles. The van der Waals surface area contributed by atoms with Crippen molar-refractivity contribution in [3.63, 3.8) is 0 Å². The van der Waals surface area contributed by atoms with Gasteiger partial charge in [-0.3, -0.25) is 9.59 Å². The number of carboxylic acids is 1. The van der Waals surface area contributed by atoms with Crippen molar-refractivity contribution in [2.75, 3.05) is 0 Å². The maximum absolute atomic E-state index is 11.5. The van der Waals surface area contributed by atoms with Crippen LogP contribution in [0.5, 0.6) is 0 Å². The van der Waals surface area contributed by atoms with Crippen LogP contribution in [0.15, 0.2) is 5.10 Å². The molecule has 0 aromatic rings. The number of hydrogen-bond acceptors (Lipinski definition) is 4. The van der Waals surface area contributed by atoms with E-state index in [9.17, 15) is 14.4 Å². The van der Waals surface area contributed by atoms with Crippen molar-refractivity contribution < 1.29 is 19.5 Å². The molecule has 7 heteroatoms. The Morgan fingerprint density at radius 3 is 2.69 bits per heavy atom. The summed E-state index contributed by atoms with van der Waals surface area (Å²) in [6, 6.07) is -0.923.